The molecule has 1 amide bonds. The summed E-state index contributed by atoms with van der Waals surface area (Å²) in [5.41, 5.74) is 4.42. The largest absolute Gasteiger partial charge is 0.495 e. The standard InChI is InChI=1S/C27H29N5O4/c1-28-25(34)18-10-11-21(22(13-18)35-2)30-27-31-24-23(26(32-27)36-19-8-3-4-9-19)20(14-29-24)17-7-5-6-16(12-17)15-33/h5-7,10-14,19,33H,3-4,8-9,15H2,1-2H3,(H,28,34)(H2,29,30,31,32). The van der Waals surface area contributed by atoms with Gasteiger partial charge in [-0.15, -0.1) is 0 Å². The Kier molecular flexibility index (Phi) is 6.73. The minimum atomic E-state index is -0.200. The van der Waals surface area contributed by atoms with Crippen molar-refractivity contribution >= 4 is 28.6 Å². The average Bonchev–Trinajstić information content (AvgIpc) is 3.58. The van der Waals surface area contributed by atoms with Crippen molar-refractivity contribution in [2.24, 2.45) is 0 Å². The zero-order valence-electron chi connectivity index (χ0n) is 20.3. The monoisotopic (exact) mass is 487 g/mol. The number of fused-ring (bicyclic) bond motifs is 1. The van der Waals surface area contributed by atoms with Crippen LogP contribution >= 0.6 is 0 Å². The van der Waals surface area contributed by atoms with E-state index < -0.39 is 0 Å². The molecule has 9 heteroatoms. The van der Waals surface area contributed by atoms with E-state index in [4.69, 9.17) is 19.4 Å². The summed E-state index contributed by atoms with van der Waals surface area (Å²) in [4.78, 5) is 24.7. The van der Waals surface area contributed by atoms with Gasteiger partial charge in [-0.1, -0.05) is 18.2 Å². The van der Waals surface area contributed by atoms with Crippen LogP contribution in [0, 0.1) is 0 Å². The molecule has 36 heavy (non-hydrogen) atoms. The second kappa shape index (κ2) is 10.2. The first-order valence-corrected chi connectivity index (χ1v) is 12.0. The van der Waals surface area contributed by atoms with Crippen LogP contribution in [0.1, 0.15) is 41.6 Å². The maximum absolute atomic E-state index is 12.0. The smallest absolute Gasteiger partial charge is 0.251 e. The Morgan fingerprint density at radius 2 is 2.00 bits per heavy atom. The Bertz CT molecular complexity index is 1390. The molecule has 1 aliphatic rings. The number of hydrogen-bond donors (Lipinski definition) is 4. The molecule has 0 radical (unpaired) electrons. The molecule has 0 aliphatic heterocycles. The molecular weight excluding hydrogens is 458 g/mol. The lowest BCUT2D eigenvalue weighted by atomic mass is 10.0. The number of anilines is 2. The highest BCUT2D eigenvalue weighted by Crippen LogP contribution is 2.37. The molecule has 0 unspecified atom stereocenters. The summed E-state index contributed by atoms with van der Waals surface area (Å²) in [6, 6.07) is 12.9. The van der Waals surface area contributed by atoms with Crippen LogP contribution in [0.5, 0.6) is 11.6 Å². The van der Waals surface area contributed by atoms with Gasteiger partial charge in [0, 0.05) is 24.4 Å². The summed E-state index contributed by atoms with van der Waals surface area (Å²) in [6.45, 7) is -0.0350. The van der Waals surface area contributed by atoms with Crippen LogP contribution in [0.25, 0.3) is 22.2 Å². The highest BCUT2D eigenvalue weighted by molar-refractivity contribution is 5.98. The summed E-state index contributed by atoms with van der Waals surface area (Å²) in [7, 11) is 3.13. The lowest BCUT2D eigenvalue weighted by Crippen LogP contribution is -2.17. The van der Waals surface area contributed by atoms with Crippen molar-refractivity contribution in [2.75, 3.05) is 19.5 Å². The highest BCUT2D eigenvalue weighted by Gasteiger charge is 2.23. The normalized spacial score (nSPS) is 13.6. The van der Waals surface area contributed by atoms with E-state index in [1.54, 1.807) is 32.4 Å². The average molecular weight is 488 g/mol. The number of aliphatic hydroxyl groups is 1. The number of aliphatic hydroxyl groups excluding tert-OH is 1. The number of nitrogens with one attached hydrogen (secondary N) is 3. The molecule has 5 rings (SSSR count). The molecule has 2 aromatic heterocycles. The van der Waals surface area contributed by atoms with E-state index >= 15 is 0 Å². The van der Waals surface area contributed by atoms with Crippen LogP contribution < -0.4 is 20.1 Å². The minimum Gasteiger partial charge on any atom is -0.495 e. The first-order valence-electron chi connectivity index (χ1n) is 12.0. The van der Waals surface area contributed by atoms with E-state index in [1.165, 1.54) is 0 Å². The number of benzene rings is 2. The number of aromatic amines is 1. The third-order valence-electron chi connectivity index (χ3n) is 6.44. The Labute approximate surface area is 208 Å². The van der Waals surface area contributed by atoms with E-state index in [9.17, 15) is 9.90 Å². The highest BCUT2D eigenvalue weighted by atomic mass is 16.5. The fraction of sp³-hybridized carbons (Fsp3) is 0.296. The lowest BCUT2D eigenvalue weighted by Gasteiger charge is -2.16. The number of nitrogens with zero attached hydrogens (tertiary/aromatic N) is 2. The molecule has 4 aromatic rings. The number of carbonyl (C=O) groups is 1. The van der Waals surface area contributed by atoms with Crippen molar-refractivity contribution in [2.45, 2.75) is 38.4 Å². The van der Waals surface area contributed by atoms with E-state index in [-0.39, 0.29) is 18.6 Å². The van der Waals surface area contributed by atoms with Crippen LogP contribution in [0.2, 0.25) is 0 Å². The van der Waals surface area contributed by atoms with Gasteiger partial charge in [0.05, 0.1) is 24.8 Å². The molecule has 0 spiro atoms. The number of hydrogen-bond acceptors (Lipinski definition) is 7. The van der Waals surface area contributed by atoms with Gasteiger partial charge in [-0.05, 0) is 61.1 Å². The summed E-state index contributed by atoms with van der Waals surface area (Å²) in [5.74, 6) is 1.14. The van der Waals surface area contributed by atoms with Crippen molar-refractivity contribution in [3.8, 4) is 22.8 Å². The molecule has 1 saturated carbocycles. The topological polar surface area (TPSA) is 121 Å². The van der Waals surface area contributed by atoms with Gasteiger partial charge in [0.25, 0.3) is 5.91 Å². The van der Waals surface area contributed by atoms with Crippen LogP contribution in [0.3, 0.4) is 0 Å². The molecule has 0 atom stereocenters. The fourth-order valence-corrected chi connectivity index (χ4v) is 4.57. The predicted octanol–water partition coefficient (Wildman–Crippen LogP) is 4.55. The van der Waals surface area contributed by atoms with E-state index in [0.29, 0.717) is 34.5 Å². The Hall–Kier alpha value is -4.11. The zero-order chi connectivity index (χ0) is 25.1. The first kappa shape index (κ1) is 23.6. The summed E-state index contributed by atoms with van der Waals surface area (Å²) < 4.78 is 11.9. The van der Waals surface area contributed by atoms with Gasteiger partial charge in [0.1, 0.15) is 17.5 Å². The van der Waals surface area contributed by atoms with Crippen molar-refractivity contribution in [3.63, 3.8) is 0 Å². The molecule has 2 heterocycles. The molecule has 2 aromatic carbocycles. The summed E-state index contributed by atoms with van der Waals surface area (Å²) in [5, 5.41) is 16.2. The molecule has 1 fully saturated rings. The van der Waals surface area contributed by atoms with Gasteiger partial charge in [-0.2, -0.15) is 9.97 Å². The predicted molar refractivity (Wildman–Crippen MR) is 138 cm³/mol. The third kappa shape index (κ3) is 4.70. The van der Waals surface area contributed by atoms with Crippen LogP contribution in [0.15, 0.2) is 48.7 Å². The number of aromatic nitrogens is 3. The number of H-pyrrole nitrogens is 1. The van der Waals surface area contributed by atoms with Crippen molar-refractivity contribution in [1.29, 1.82) is 0 Å². The number of carbonyl (C=O) groups excluding carboxylic acids is 1. The second-order valence-corrected chi connectivity index (χ2v) is 8.78. The molecule has 9 nitrogen and oxygen atoms in total. The van der Waals surface area contributed by atoms with Gasteiger partial charge in [-0.25, -0.2) is 0 Å². The molecule has 1 aliphatic carbocycles. The molecule has 4 N–H and O–H groups in total. The van der Waals surface area contributed by atoms with Gasteiger partial charge in [0.15, 0.2) is 0 Å². The van der Waals surface area contributed by atoms with E-state index in [2.05, 4.69) is 15.6 Å². The molecular formula is C27H29N5O4. The molecule has 0 saturated heterocycles. The lowest BCUT2D eigenvalue weighted by molar-refractivity contribution is 0.0962. The summed E-state index contributed by atoms with van der Waals surface area (Å²) >= 11 is 0. The molecule has 0 bridgehead atoms. The maximum atomic E-state index is 12.0. The van der Waals surface area contributed by atoms with Crippen LogP contribution in [0.4, 0.5) is 11.6 Å². The van der Waals surface area contributed by atoms with E-state index in [1.807, 2.05) is 30.5 Å². The second-order valence-electron chi connectivity index (χ2n) is 8.78. The number of rotatable bonds is 8. The fourth-order valence-electron chi connectivity index (χ4n) is 4.57. The minimum absolute atomic E-state index is 0.0350. The zero-order valence-corrected chi connectivity index (χ0v) is 20.3. The van der Waals surface area contributed by atoms with Crippen molar-refractivity contribution in [3.05, 3.63) is 59.8 Å². The number of amides is 1. The third-order valence-corrected chi connectivity index (χ3v) is 6.44. The Morgan fingerprint density at radius 1 is 1.17 bits per heavy atom. The Balaban J connectivity index is 1.56. The van der Waals surface area contributed by atoms with Gasteiger partial charge < -0.3 is 30.2 Å². The van der Waals surface area contributed by atoms with Crippen LogP contribution in [-0.2, 0) is 6.61 Å². The van der Waals surface area contributed by atoms with E-state index in [0.717, 1.165) is 47.8 Å². The van der Waals surface area contributed by atoms with Gasteiger partial charge in [-0.3, -0.25) is 4.79 Å². The number of ether oxygens (including phenoxy) is 2. The van der Waals surface area contributed by atoms with Crippen molar-refractivity contribution in [1.82, 2.24) is 20.3 Å². The van der Waals surface area contributed by atoms with Crippen molar-refractivity contribution < 1.29 is 19.4 Å². The van der Waals surface area contributed by atoms with Gasteiger partial charge >= 0.3 is 0 Å². The maximum Gasteiger partial charge on any atom is 0.251 e. The summed E-state index contributed by atoms with van der Waals surface area (Å²) in [6.07, 6.45) is 6.24. The van der Waals surface area contributed by atoms with Crippen LogP contribution in [-0.4, -0.2) is 46.2 Å². The number of methoxy groups -OCH3 is 1. The first-order chi connectivity index (χ1) is 17.6. The Morgan fingerprint density at radius 3 is 2.75 bits per heavy atom. The molecule has 186 valence electrons. The van der Waals surface area contributed by atoms with Gasteiger partial charge in [0.2, 0.25) is 11.8 Å². The SMILES string of the molecule is CNC(=O)c1ccc(Nc2nc(OC3CCCC3)c3c(-c4cccc(CO)c4)c[nH]c3n2)c(OC)c1. The quantitative estimate of drug-likeness (QED) is 0.288.